The molecule has 26 heavy (non-hydrogen) atoms. The van der Waals surface area contributed by atoms with Crippen molar-refractivity contribution < 1.29 is 13.2 Å². The van der Waals surface area contributed by atoms with Gasteiger partial charge < -0.3 is 5.32 Å². The van der Waals surface area contributed by atoms with E-state index in [0.717, 1.165) is 10.6 Å². The van der Waals surface area contributed by atoms with Crippen LogP contribution in [-0.2, 0) is 15.0 Å². The third kappa shape index (κ3) is 4.09. The van der Waals surface area contributed by atoms with Gasteiger partial charge in [0.25, 0.3) is 10.2 Å². The molecule has 0 unspecified atom stereocenters. The van der Waals surface area contributed by atoms with Gasteiger partial charge in [-0.3, -0.25) is 4.79 Å². The van der Waals surface area contributed by atoms with E-state index in [4.69, 9.17) is 0 Å². The summed E-state index contributed by atoms with van der Waals surface area (Å²) in [5.74, 6) is -0.365. The van der Waals surface area contributed by atoms with E-state index < -0.39 is 10.2 Å². The first kappa shape index (κ1) is 18.9. The van der Waals surface area contributed by atoms with Crippen molar-refractivity contribution in [2.24, 2.45) is 5.92 Å². The Balaban J connectivity index is 1.58. The van der Waals surface area contributed by atoms with Gasteiger partial charge in [-0.15, -0.1) is 10.2 Å². The minimum atomic E-state index is -3.42. The van der Waals surface area contributed by atoms with E-state index in [9.17, 15) is 13.2 Å². The number of nitrogens with one attached hydrogen (secondary N) is 1. The van der Waals surface area contributed by atoms with Crippen molar-refractivity contribution in [2.45, 2.75) is 12.8 Å². The fourth-order valence-electron chi connectivity index (χ4n) is 2.76. The Labute approximate surface area is 157 Å². The van der Waals surface area contributed by atoms with E-state index in [1.54, 1.807) is 0 Å². The van der Waals surface area contributed by atoms with Crippen molar-refractivity contribution in [1.29, 1.82) is 0 Å². The lowest BCUT2D eigenvalue weighted by Crippen LogP contribution is -2.46. The fourth-order valence-corrected chi connectivity index (χ4v) is 4.64. The maximum Gasteiger partial charge on any atom is 0.281 e. The molecule has 140 valence electrons. The highest BCUT2D eigenvalue weighted by atomic mass is 32.2. The number of carbonyl (C=O) groups excluding carboxylic acids is 1. The van der Waals surface area contributed by atoms with Gasteiger partial charge in [-0.05, 0) is 12.8 Å². The molecule has 1 aromatic heterocycles. The van der Waals surface area contributed by atoms with Crippen molar-refractivity contribution in [1.82, 2.24) is 18.8 Å². The third-order valence-electron chi connectivity index (χ3n) is 4.29. The molecule has 1 aromatic carbocycles. The molecule has 1 amide bonds. The number of piperidine rings is 1. The van der Waals surface area contributed by atoms with Crippen LogP contribution in [0.2, 0.25) is 0 Å². The minimum absolute atomic E-state index is 0.136. The SMILES string of the molecule is CN(C)S(=O)(=O)N1CCC(C(=O)Nc2nnc(-c3ccccc3)s2)CC1. The summed E-state index contributed by atoms with van der Waals surface area (Å²) in [5.41, 5.74) is 0.952. The molecule has 0 bridgehead atoms. The van der Waals surface area contributed by atoms with Gasteiger partial charge in [0.1, 0.15) is 5.01 Å². The molecule has 2 heterocycles. The van der Waals surface area contributed by atoms with Gasteiger partial charge >= 0.3 is 0 Å². The van der Waals surface area contributed by atoms with Crippen LogP contribution in [0.15, 0.2) is 30.3 Å². The van der Waals surface area contributed by atoms with Crippen LogP contribution in [0.5, 0.6) is 0 Å². The molecule has 0 aliphatic carbocycles. The highest BCUT2D eigenvalue weighted by molar-refractivity contribution is 7.86. The minimum Gasteiger partial charge on any atom is -0.300 e. The molecule has 1 saturated heterocycles. The highest BCUT2D eigenvalue weighted by Crippen LogP contribution is 2.27. The van der Waals surface area contributed by atoms with E-state index in [1.807, 2.05) is 30.3 Å². The van der Waals surface area contributed by atoms with Crippen molar-refractivity contribution in [3.63, 3.8) is 0 Å². The number of nitrogens with zero attached hydrogens (tertiary/aromatic N) is 4. The summed E-state index contributed by atoms with van der Waals surface area (Å²) in [6.07, 6.45) is 0.979. The van der Waals surface area contributed by atoms with Crippen molar-refractivity contribution in [3.8, 4) is 10.6 Å². The summed E-state index contributed by atoms with van der Waals surface area (Å²) in [4.78, 5) is 12.5. The van der Waals surface area contributed by atoms with Crippen molar-refractivity contribution >= 4 is 32.6 Å². The fraction of sp³-hybridized carbons (Fsp3) is 0.438. The second kappa shape index (κ2) is 7.78. The Morgan fingerprint density at radius 2 is 1.85 bits per heavy atom. The van der Waals surface area contributed by atoms with Gasteiger partial charge in [-0.25, -0.2) is 0 Å². The monoisotopic (exact) mass is 395 g/mol. The van der Waals surface area contributed by atoms with Crippen LogP contribution in [0.4, 0.5) is 5.13 Å². The Morgan fingerprint density at radius 1 is 1.19 bits per heavy atom. The Hall–Kier alpha value is -1.88. The molecular formula is C16H21N5O3S2. The van der Waals surface area contributed by atoms with Crippen molar-refractivity contribution in [2.75, 3.05) is 32.5 Å². The van der Waals surface area contributed by atoms with Crippen LogP contribution in [0.25, 0.3) is 10.6 Å². The maximum absolute atomic E-state index is 12.5. The molecule has 8 nitrogen and oxygen atoms in total. The zero-order valence-electron chi connectivity index (χ0n) is 14.6. The number of rotatable bonds is 5. The molecule has 0 atom stereocenters. The van der Waals surface area contributed by atoms with Gasteiger partial charge in [0.05, 0.1) is 0 Å². The third-order valence-corrected chi connectivity index (χ3v) is 7.12. The first-order chi connectivity index (χ1) is 12.4. The average Bonchev–Trinajstić information content (AvgIpc) is 3.11. The summed E-state index contributed by atoms with van der Waals surface area (Å²) >= 11 is 1.32. The molecule has 3 rings (SSSR count). The van der Waals surface area contributed by atoms with Crippen LogP contribution in [-0.4, -0.2) is 60.3 Å². The molecule has 0 radical (unpaired) electrons. The van der Waals surface area contributed by atoms with E-state index in [-0.39, 0.29) is 11.8 Å². The lowest BCUT2D eigenvalue weighted by molar-refractivity contribution is -0.120. The molecule has 1 N–H and O–H groups in total. The van der Waals surface area contributed by atoms with E-state index >= 15 is 0 Å². The van der Waals surface area contributed by atoms with Crippen LogP contribution in [0.1, 0.15) is 12.8 Å². The number of hydrogen-bond acceptors (Lipinski definition) is 6. The normalized spacial score (nSPS) is 16.7. The van der Waals surface area contributed by atoms with E-state index in [2.05, 4.69) is 15.5 Å². The van der Waals surface area contributed by atoms with Gasteiger partial charge in [0.2, 0.25) is 11.0 Å². The molecule has 10 heteroatoms. The van der Waals surface area contributed by atoms with E-state index in [1.165, 1.54) is 34.0 Å². The van der Waals surface area contributed by atoms with Gasteiger partial charge in [0.15, 0.2) is 0 Å². The average molecular weight is 396 g/mol. The summed E-state index contributed by atoms with van der Waals surface area (Å²) in [6, 6.07) is 9.64. The van der Waals surface area contributed by atoms with Crippen LogP contribution in [0, 0.1) is 5.92 Å². The smallest absolute Gasteiger partial charge is 0.281 e. The Morgan fingerprint density at radius 3 is 2.46 bits per heavy atom. The molecule has 1 aliphatic rings. The summed E-state index contributed by atoms with van der Waals surface area (Å²) in [5, 5.41) is 12.1. The number of aromatic nitrogens is 2. The summed E-state index contributed by atoms with van der Waals surface area (Å²) in [6.45, 7) is 0.675. The summed E-state index contributed by atoms with van der Waals surface area (Å²) < 4.78 is 26.9. The number of benzene rings is 1. The lowest BCUT2D eigenvalue weighted by atomic mass is 9.97. The standard InChI is InChI=1S/C16H21N5O3S2/c1-20(2)26(23,24)21-10-8-12(9-11-21)14(22)17-16-19-18-15(25-16)13-6-4-3-5-7-13/h3-7,12H,8-11H2,1-2H3,(H,17,19,22). The number of hydrogen-bond donors (Lipinski definition) is 1. The first-order valence-corrected chi connectivity index (χ1v) is 10.5. The van der Waals surface area contributed by atoms with Gasteiger partial charge in [0, 0.05) is 38.7 Å². The van der Waals surface area contributed by atoms with Gasteiger partial charge in [-0.2, -0.15) is 17.0 Å². The second-order valence-corrected chi connectivity index (χ2v) is 9.35. The number of carbonyl (C=O) groups is 1. The predicted molar refractivity (Wildman–Crippen MR) is 101 cm³/mol. The Kier molecular flexibility index (Phi) is 5.66. The molecule has 0 saturated carbocycles. The highest BCUT2D eigenvalue weighted by Gasteiger charge is 2.32. The lowest BCUT2D eigenvalue weighted by Gasteiger charge is -2.31. The van der Waals surface area contributed by atoms with Crippen molar-refractivity contribution in [3.05, 3.63) is 30.3 Å². The second-order valence-electron chi connectivity index (χ2n) is 6.23. The Bertz CT molecular complexity index is 859. The van der Waals surface area contributed by atoms with E-state index in [0.29, 0.717) is 31.1 Å². The molecule has 1 aliphatic heterocycles. The number of amides is 1. The van der Waals surface area contributed by atoms with Crippen LogP contribution in [0.3, 0.4) is 0 Å². The molecular weight excluding hydrogens is 374 g/mol. The van der Waals surface area contributed by atoms with Crippen LogP contribution < -0.4 is 5.32 Å². The number of anilines is 1. The maximum atomic E-state index is 12.5. The molecule has 0 spiro atoms. The van der Waals surface area contributed by atoms with Gasteiger partial charge in [-0.1, -0.05) is 41.7 Å². The zero-order valence-corrected chi connectivity index (χ0v) is 16.3. The predicted octanol–water partition coefficient (Wildman–Crippen LogP) is 1.66. The molecule has 1 fully saturated rings. The largest absolute Gasteiger partial charge is 0.300 e. The topological polar surface area (TPSA) is 95.5 Å². The van der Waals surface area contributed by atoms with Crippen LogP contribution >= 0.6 is 11.3 Å². The zero-order chi connectivity index (χ0) is 18.7. The molecule has 2 aromatic rings. The first-order valence-electron chi connectivity index (χ1n) is 8.25. The quantitative estimate of drug-likeness (QED) is 0.831. The summed E-state index contributed by atoms with van der Waals surface area (Å²) in [7, 11) is -0.405.